The van der Waals surface area contributed by atoms with Crippen LogP contribution in [0.1, 0.15) is 31.2 Å². The van der Waals surface area contributed by atoms with Gasteiger partial charge in [0.2, 0.25) is 11.8 Å². The molecule has 8 nitrogen and oxygen atoms in total. The van der Waals surface area contributed by atoms with Gasteiger partial charge in [0.25, 0.3) is 0 Å². The summed E-state index contributed by atoms with van der Waals surface area (Å²) in [5, 5.41) is 11.5. The average Bonchev–Trinajstić information content (AvgIpc) is 3.43. The highest BCUT2D eigenvalue weighted by Crippen LogP contribution is 2.27. The van der Waals surface area contributed by atoms with Crippen molar-refractivity contribution in [2.75, 3.05) is 18.4 Å². The summed E-state index contributed by atoms with van der Waals surface area (Å²) in [5.41, 5.74) is 2.51. The van der Waals surface area contributed by atoms with E-state index >= 15 is 0 Å². The Labute approximate surface area is 172 Å². The molecular formula is C20H22N6O2S. The Morgan fingerprint density at radius 3 is 2.90 bits per heavy atom. The maximum absolute atomic E-state index is 12.2. The maximum Gasteiger partial charge on any atom is 0.224 e. The van der Waals surface area contributed by atoms with Gasteiger partial charge < -0.3 is 10.2 Å². The Kier molecular flexibility index (Phi) is 6.04. The van der Waals surface area contributed by atoms with Crippen LogP contribution >= 0.6 is 11.8 Å². The van der Waals surface area contributed by atoms with Gasteiger partial charge in [-0.3, -0.25) is 14.7 Å². The van der Waals surface area contributed by atoms with E-state index < -0.39 is 0 Å². The van der Waals surface area contributed by atoms with Crippen LogP contribution < -0.4 is 5.32 Å². The Morgan fingerprint density at radius 1 is 1.17 bits per heavy atom. The first kappa shape index (κ1) is 19.4. The third kappa shape index (κ3) is 4.92. The summed E-state index contributed by atoms with van der Waals surface area (Å²) in [6.07, 6.45) is 5.82. The van der Waals surface area contributed by atoms with Crippen LogP contribution in [0.5, 0.6) is 0 Å². The van der Waals surface area contributed by atoms with Crippen LogP contribution in [0, 0.1) is 0 Å². The second-order valence-electron chi connectivity index (χ2n) is 6.94. The number of carbonyl (C=O) groups is 2. The predicted molar refractivity (Wildman–Crippen MR) is 111 cm³/mol. The van der Waals surface area contributed by atoms with Crippen LogP contribution in [0.4, 0.5) is 5.69 Å². The van der Waals surface area contributed by atoms with Crippen LogP contribution in [0.25, 0.3) is 11.0 Å². The van der Waals surface area contributed by atoms with Crippen LogP contribution in [-0.2, 0) is 15.3 Å². The number of carbonyl (C=O) groups excluding carboxylic acids is 2. The first-order valence-corrected chi connectivity index (χ1v) is 10.6. The van der Waals surface area contributed by atoms with E-state index in [9.17, 15) is 9.59 Å². The Balaban J connectivity index is 1.30. The maximum atomic E-state index is 12.2. The van der Waals surface area contributed by atoms with Gasteiger partial charge in [-0.05, 0) is 30.5 Å². The summed E-state index contributed by atoms with van der Waals surface area (Å²) in [7, 11) is 0. The molecule has 2 amide bonds. The normalized spacial score (nSPS) is 13.7. The number of nitrogens with one attached hydrogen (secondary N) is 2. The highest BCUT2D eigenvalue weighted by molar-refractivity contribution is 7.98. The second-order valence-corrected chi connectivity index (χ2v) is 7.90. The largest absolute Gasteiger partial charge is 0.343 e. The van der Waals surface area contributed by atoms with E-state index in [1.807, 2.05) is 29.2 Å². The van der Waals surface area contributed by atoms with Crippen molar-refractivity contribution in [2.45, 2.75) is 36.5 Å². The molecule has 0 unspecified atom stereocenters. The number of hydrogen-bond acceptors (Lipinski definition) is 6. The first-order valence-electron chi connectivity index (χ1n) is 9.62. The number of aromatic nitrogens is 4. The van der Waals surface area contributed by atoms with Crippen molar-refractivity contribution < 1.29 is 9.59 Å². The quantitative estimate of drug-likeness (QED) is 0.458. The molecule has 3 aromatic rings. The topological polar surface area (TPSA) is 104 Å². The van der Waals surface area contributed by atoms with Crippen LogP contribution in [0.2, 0.25) is 0 Å². The zero-order chi connectivity index (χ0) is 20.1. The second kappa shape index (κ2) is 9.04. The van der Waals surface area contributed by atoms with Gasteiger partial charge in [0.15, 0.2) is 5.65 Å². The number of anilines is 1. The molecule has 4 rings (SSSR count). The fourth-order valence-corrected chi connectivity index (χ4v) is 4.23. The number of likely N-dealkylation sites (tertiary alicyclic amines) is 1. The van der Waals surface area contributed by atoms with E-state index in [4.69, 9.17) is 0 Å². The van der Waals surface area contributed by atoms with Gasteiger partial charge in [-0.15, -0.1) is 11.8 Å². The highest BCUT2D eigenvalue weighted by atomic mass is 32.2. The SMILES string of the molecule is O=C(CCC(=O)N1CCCC1)Nc1cccc(CSc2ncnc3[nH]ncc23)c1. The summed E-state index contributed by atoms with van der Waals surface area (Å²) in [4.78, 5) is 34.6. The molecule has 0 spiro atoms. The molecule has 2 N–H and O–H groups in total. The minimum absolute atomic E-state index is 0.0678. The number of thioether (sulfide) groups is 1. The van der Waals surface area contributed by atoms with E-state index in [1.54, 1.807) is 18.0 Å². The standard InChI is InChI=1S/C20H22N6O2S/c27-17(6-7-18(28)26-8-1-2-9-26)24-15-5-3-4-14(10-15)12-29-20-16-11-23-25-19(16)21-13-22-20/h3-5,10-11,13H,1-2,6-9,12H2,(H,24,27)(H,21,22,23,25). The minimum Gasteiger partial charge on any atom is -0.343 e. The van der Waals surface area contributed by atoms with Gasteiger partial charge in [0.05, 0.1) is 11.6 Å². The fraction of sp³-hybridized carbons (Fsp3) is 0.350. The summed E-state index contributed by atoms with van der Waals surface area (Å²) in [6.45, 7) is 1.63. The lowest BCUT2D eigenvalue weighted by Crippen LogP contribution is -2.28. The van der Waals surface area contributed by atoms with E-state index in [0.717, 1.165) is 47.6 Å². The molecule has 0 atom stereocenters. The molecule has 0 bridgehead atoms. The van der Waals surface area contributed by atoms with Gasteiger partial charge in [0.1, 0.15) is 11.4 Å². The third-order valence-corrected chi connectivity index (χ3v) is 5.90. The molecule has 150 valence electrons. The Morgan fingerprint density at radius 2 is 2.03 bits per heavy atom. The number of H-pyrrole nitrogens is 1. The summed E-state index contributed by atoms with van der Waals surface area (Å²) in [5.74, 6) is 0.630. The van der Waals surface area contributed by atoms with E-state index in [1.165, 1.54) is 6.33 Å². The lowest BCUT2D eigenvalue weighted by atomic mass is 10.2. The number of hydrogen-bond donors (Lipinski definition) is 2. The van der Waals surface area contributed by atoms with Crippen molar-refractivity contribution in [3.63, 3.8) is 0 Å². The fourth-order valence-electron chi connectivity index (χ4n) is 3.32. The predicted octanol–water partition coefficient (Wildman–Crippen LogP) is 2.99. The summed E-state index contributed by atoms with van der Waals surface area (Å²) >= 11 is 1.59. The van der Waals surface area contributed by atoms with Crippen LogP contribution in [0.3, 0.4) is 0 Å². The molecular weight excluding hydrogens is 388 g/mol. The molecule has 1 aliphatic heterocycles. The molecule has 3 heterocycles. The van der Waals surface area contributed by atoms with E-state index in [0.29, 0.717) is 11.4 Å². The lowest BCUT2D eigenvalue weighted by molar-refractivity contribution is -0.131. The van der Waals surface area contributed by atoms with Gasteiger partial charge in [-0.2, -0.15) is 5.10 Å². The number of amides is 2. The van der Waals surface area contributed by atoms with Crippen molar-refractivity contribution in [1.29, 1.82) is 0 Å². The average molecular weight is 411 g/mol. The number of fused-ring (bicyclic) bond motifs is 1. The van der Waals surface area contributed by atoms with Crippen LogP contribution in [0.15, 0.2) is 41.8 Å². The van der Waals surface area contributed by atoms with Gasteiger partial charge in [-0.1, -0.05) is 12.1 Å². The van der Waals surface area contributed by atoms with Crippen molar-refractivity contribution in [1.82, 2.24) is 25.1 Å². The Bertz CT molecular complexity index is 1010. The van der Waals surface area contributed by atoms with Gasteiger partial charge in [0, 0.05) is 37.4 Å². The highest BCUT2D eigenvalue weighted by Gasteiger charge is 2.18. The molecule has 29 heavy (non-hydrogen) atoms. The molecule has 9 heteroatoms. The van der Waals surface area contributed by atoms with Gasteiger partial charge in [-0.25, -0.2) is 9.97 Å². The number of aromatic amines is 1. The first-order chi connectivity index (χ1) is 14.2. The summed E-state index contributed by atoms with van der Waals surface area (Å²) < 4.78 is 0. The monoisotopic (exact) mass is 410 g/mol. The van der Waals surface area contributed by atoms with Crippen molar-refractivity contribution in [3.8, 4) is 0 Å². The molecule has 1 aromatic carbocycles. The third-order valence-electron chi connectivity index (χ3n) is 4.82. The van der Waals surface area contributed by atoms with Crippen molar-refractivity contribution in [2.24, 2.45) is 0 Å². The van der Waals surface area contributed by atoms with Crippen molar-refractivity contribution in [3.05, 3.63) is 42.4 Å². The van der Waals surface area contributed by atoms with E-state index in [2.05, 4.69) is 25.5 Å². The molecule has 1 aliphatic rings. The van der Waals surface area contributed by atoms with Gasteiger partial charge >= 0.3 is 0 Å². The molecule has 2 aromatic heterocycles. The minimum atomic E-state index is -0.141. The van der Waals surface area contributed by atoms with E-state index in [-0.39, 0.29) is 24.7 Å². The zero-order valence-corrected chi connectivity index (χ0v) is 16.7. The molecule has 1 fully saturated rings. The molecule has 0 saturated carbocycles. The Hall–Kier alpha value is -2.94. The summed E-state index contributed by atoms with van der Waals surface area (Å²) in [6, 6.07) is 7.72. The molecule has 0 radical (unpaired) electrons. The number of nitrogens with zero attached hydrogens (tertiary/aromatic N) is 4. The molecule has 1 saturated heterocycles. The smallest absolute Gasteiger partial charge is 0.224 e. The number of benzene rings is 1. The molecule has 0 aliphatic carbocycles. The number of rotatable bonds is 7. The zero-order valence-electron chi connectivity index (χ0n) is 15.9. The van der Waals surface area contributed by atoms with Crippen molar-refractivity contribution >= 4 is 40.3 Å². The van der Waals surface area contributed by atoms with Crippen LogP contribution in [-0.4, -0.2) is 50.0 Å². The lowest BCUT2D eigenvalue weighted by Gasteiger charge is -2.14.